The number of anilines is 1. The SMILES string of the molecule is CCc1ccc(C2C(=C(O)c3ccccc3)C(=O)C(=O)N2c2nc3c(C)cc(C)cc3s2)cc1. The van der Waals surface area contributed by atoms with Gasteiger partial charge in [-0.1, -0.05) is 78.9 Å². The van der Waals surface area contributed by atoms with Crippen LogP contribution in [0.3, 0.4) is 0 Å². The van der Waals surface area contributed by atoms with E-state index in [1.165, 1.54) is 16.2 Å². The minimum Gasteiger partial charge on any atom is -0.507 e. The predicted octanol–water partition coefficient (Wildman–Crippen LogP) is 6.10. The molecule has 6 heteroatoms. The Bertz CT molecular complexity index is 1450. The molecule has 1 atom stereocenters. The number of nitrogens with zero attached hydrogens (tertiary/aromatic N) is 2. The van der Waals surface area contributed by atoms with Gasteiger partial charge >= 0.3 is 5.91 Å². The molecule has 5 rings (SSSR count). The summed E-state index contributed by atoms with van der Waals surface area (Å²) in [6.07, 6.45) is 0.876. The summed E-state index contributed by atoms with van der Waals surface area (Å²) in [6, 6.07) is 20.0. The third-order valence-electron chi connectivity index (χ3n) is 6.22. The molecule has 0 bridgehead atoms. The number of ketones is 1. The van der Waals surface area contributed by atoms with Crippen LogP contribution in [0.25, 0.3) is 16.0 Å². The van der Waals surface area contributed by atoms with Gasteiger partial charge < -0.3 is 5.11 Å². The van der Waals surface area contributed by atoms with Gasteiger partial charge in [-0.15, -0.1) is 0 Å². The Morgan fingerprint density at radius 1 is 1.03 bits per heavy atom. The highest BCUT2D eigenvalue weighted by atomic mass is 32.1. The van der Waals surface area contributed by atoms with E-state index in [-0.39, 0.29) is 11.3 Å². The van der Waals surface area contributed by atoms with Crippen LogP contribution in [0, 0.1) is 13.8 Å². The smallest absolute Gasteiger partial charge is 0.301 e. The topological polar surface area (TPSA) is 70.5 Å². The van der Waals surface area contributed by atoms with Gasteiger partial charge in [0.05, 0.1) is 21.8 Å². The number of aliphatic hydroxyl groups is 1. The van der Waals surface area contributed by atoms with Crippen molar-refractivity contribution in [1.29, 1.82) is 0 Å². The number of aryl methyl sites for hydroxylation is 3. The molecule has 0 spiro atoms. The maximum atomic E-state index is 13.4. The molecule has 1 aromatic heterocycles. The number of benzene rings is 3. The first-order chi connectivity index (χ1) is 16.4. The predicted molar refractivity (Wildman–Crippen MR) is 136 cm³/mol. The molecule has 1 N–H and O–H groups in total. The zero-order valence-electron chi connectivity index (χ0n) is 19.2. The minimum absolute atomic E-state index is 0.0765. The summed E-state index contributed by atoms with van der Waals surface area (Å²) in [5, 5.41) is 11.6. The van der Waals surface area contributed by atoms with Gasteiger partial charge in [0.25, 0.3) is 5.78 Å². The summed E-state index contributed by atoms with van der Waals surface area (Å²) in [7, 11) is 0. The van der Waals surface area contributed by atoms with E-state index in [2.05, 4.69) is 13.0 Å². The Balaban J connectivity index is 1.74. The Labute approximate surface area is 202 Å². The molecule has 0 saturated carbocycles. The Kier molecular flexibility index (Phi) is 5.54. The Morgan fingerprint density at radius 2 is 1.74 bits per heavy atom. The largest absolute Gasteiger partial charge is 0.507 e. The second kappa shape index (κ2) is 8.54. The van der Waals surface area contributed by atoms with Crippen molar-refractivity contribution in [2.45, 2.75) is 33.2 Å². The number of carbonyl (C=O) groups is 2. The van der Waals surface area contributed by atoms with Gasteiger partial charge in [-0.25, -0.2) is 4.98 Å². The van der Waals surface area contributed by atoms with Crippen molar-refractivity contribution < 1.29 is 14.7 Å². The molecule has 5 nitrogen and oxygen atoms in total. The van der Waals surface area contributed by atoms with Crippen molar-refractivity contribution >= 4 is 44.1 Å². The van der Waals surface area contributed by atoms with E-state index < -0.39 is 17.7 Å². The van der Waals surface area contributed by atoms with Crippen molar-refractivity contribution in [2.24, 2.45) is 0 Å². The summed E-state index contributed by atoms with van der Waals surface area (Å²) >= 11 is 1.38. The number of aromatic nitrogens is 1. The van der Waals surface area contributed by atoms with Crippen LogP contribution in [0.4, 0.5) is 5.13 Å². The molecule has 1 aliphatic rings. The highest BCUT2D eigenvalue weighted by molar-refractivity contribution is 7.22. The van der Waals surface area contributed by atoms with E-state index in [1.807, 2.05) is 50.2 Å². The molecule has 1 aliphatic heterocycles. The lowest BCUT2D eigenvalue weighted by Gasteiger charge is -2.23. The van der Waals surface area contributed by atoms with E-state index in [1.54, 1.807) is 24.3 Å². The van der Waals surface area contributed by atoms with Crippen LogP contribution in [-0.2, 0) is 16.0 Å². The fraction of sp³-hybridized carbons (Fsp3) is 0.179. The molecule has 34 heavy (non-hydrogen) atoms. The fourth-order valence-electron chi connectivity index (χ4n) is 4.49. The van der Waals surface area contributed by atoms with Gasteiger partial charge in [0, 0.05) is 5.56 Å². The number of hydrogen-bond acceptors (Lipinski definition) is 5. The van der Waals surface area contributed by atoms with Gasteiger partial charge in [-0.3, -0.25) is 14.5 Å². The van der Waals surface area contributed by atoms with Crippen molar-refractivity contribution in [1.82, 2.24) is 4.98 Å². The lowest BCUT2D eigenvalue weighted by Crippen LogP contribution is -2.29. The molecule has 0 radical (unpaired) electrons. The second-order valence-electron chi connectivity index (χ2n) is 8.56. The number of carbonyl (C=O) groups excluding carboxylic acids is 2. The van der Waals surface area contributed by atoms with Crippen LogP contribution < -0.4 is 4.90 Å². The van der Waals surface area contributed by atoms with E-state index in [9.17, 15) is 14.7 Å². The Hall–Kier alpha value is -3.77. The standard InChI is InChI=1S/C28H24N2O3S/c1-4-18-10-12-19(13-11-18)24-22(25(31)20-8-6-5-7-9-20)26(32)27(33)30(24)28-29-23-17(3)14-16(2)15-21(23)34-28/h5-15,24,31H,4H2,1-3H3. The first-order valence-corrected chi connectivity index (χ1v) is 12.0. The highest BCUT2D eigenvalue weighted by Gasteiger charge is 2.48. The molecule has 1 amide bonds. The number of aliphatic hydroxyl groups excluding tert-OH is 1. The van der Waals surface area contributed by atoms with Crippen LogP contribution in [0.1, 0.15) is 40.8 Å². The van der Waals surface area contributed by atoms with Gasteiger partial charge in [-0.2, -0.15) is 0 Å². The van der Waals surface area contributed by atoms with E-state index in [0.717, 1.165) is 38.9 Å². The van der Waals surface area contributed by atoms with Gasteiger partial charge in [0.1, 0.15) is 5.76 Å². The summed E-state index contributed by atoms with van der Waals surface area (Å²) in [5.41, 5.74) is 5.41. The molecule has 3 aromatic carbocycles. The van der Waals surface area contributed by atoms with Crippen LogP contribution >= 0.6 is 11.3 Å². The number of Topliss-reactive ketones (excluding diaryl/α,β-unsaturated/α-hetero) is 1. The van der Waals surface area contributed by atoms with Crippen molar-refractivity contribution in [2.75, 3.05) is 4.90 Å². The summed E-state index contributed by atoms with van der Waals surface area (Å²) < 4.78 is 0.956. The monoisotopic (exact) mass is 468 g/mol. The van der Waals surface area contributed by atoms with E-state index in [4.69, 9.17) is 4.98 Å². The number of amides is 1. The molecule has 170 valence electrons. The summed E-state index contributed by atoms with van der Waals surface area (Å²) in [4.78, 5) is 32.9. The van der Waals surface area contributed by atoms with Crippen LogP contribution in [0.15, 0.2) is 72.3 Å². The second-order valence-corrected chi connectivity index (χ2v) is 9.56. The fourth-order valence-corrected chi connectivity index (χ4v) is 5.66. The van der Waals surface area contributed by atoms with Gasteiger partial charge in [0.2, 0.25) is 0 Å². The lowest BCUT2D eigenvalue weighted by molar-refractivity contribution is -0.132. The third kappa shape index (κ3) is 3.60. The molecular weight excluding hydrogens is 444 g/mol. The first kappa shape index (κ1) is 22.0. The quantitative estimate of drug-likeness (QED) is 0.223. The van der Waals surface area contributed by atoms with Crippen LogP contribution in [-0.4, -0.2) is 21.8 Å². The molecule has 0 aliphatic carbocycles. The van der Waals surface area contributed by atoms with E-state index in [0.29, 0.717) is 10.7 Å². The number of fused-ring (bicyclic) bond motifs is 1. The van der Waals surface area contributed by atoms with Crippen molar-refractivity contribution in [3.63, 3.8) is 0 Å². The van der Waals surface area contributed by atoms with Crippen LogP contribution in [0.2, 0.25) is 0 Å². The molecule has 2 heterocycles. The maximum absolute atomic E-state index is 13.4. The molecule has 1 saturated heterocycles. The zero-order valence-corrected chi connectivity index (χ0v) is 20.0. The van der Waals surface area contributed by atoms with Crippen molar-refractivity contribution in [3.8, 4) is 0 Å². The van der Waals surface area contributed by atoms with Crippen LogP contribution in [0.5, 0.6) is 0 Å². The highest BCUT2D eigenvalue weighted by Crippen LogP contribution is 2.44. The van der Waals surface area contributed by atoms with Crippen molar-refractivity contribution in [3.05, 3.63) is 100 Å². The normalized spacial score (nSPS) is 17.6. The lowest BCUT2D eigenvalue weighted by atomic mass is 9.94. The maximum Gasteiger partial charge on any atom is 0.301 e. The Morgan fingerprint density at radius 3 is 2.41 bits per heavy atom. The minimum atomic E-state index is -0.770. The molecule has 4 aromatic rings. The number of hydrogen-bond donors (Lipinski definition) is 1. The number of rotatable bonds is 4. The first-order valence-electron chi connectivity index (χ1n) is 11.2. The molecule has 1 fully saturated rings. The average Bonchev–Trinajstić information content (AvgIpc) is 3.38. The third-order valence-corrected chi connectivity index (χ3v) is 7.22. The molecule has 1 unspecified atom stereocenters. The zero-order chi connectivity index (χ0) is 24.0. The number of thiazole rings is 1. The molecular formula is C28H24N2O3S. The van der Waals surface area contributed by atoms with E-state index >= 15 is 0 Å². The average molecular weight is 469 g/mol. The van der Waals surface area contributed by atoms with Gasteiger partial charge in [-0.05, 0) is 48.6 Å². The summed E-state index contributed by atoms with van der Waals surface area (Å²) in [5.74, 6) is -1.58. The van der Waals surface area contributed by atoms with Gasteiger partial charge in [0.15, 0.2) is 5.13 Å². The summed E-state index contributed by atoms with van der Waals surface area (Å²) in [6.45, 7) is 6.08.